The molecule has 0 saturated heterocycles. The monoisotopic (exact) mass is 665 g/mol. The molecule has 0 aliphatic carbocycles. The van der Waals surface area contributed by atoms with E-state index in [1.807, 2.05) is 61.5 Å². The van der Waals surface area contributed by atoms with Gasteiger partial charge in [-0.15, -0.1) is 0 Å². The van der Waals surface area contributed by atoms with E-state index in [0.717, 1.165) is 32.0 Å². The first-order valence-electron chi connectivity index (χ1n) is 13.9. The van der Waals surface area contributed by atoms with Gasteiger partial charge in [0, 0.05) is 24.0 Å². The van der Waals surface area contributed by atoms with Crippen LogP contribution in [0.15, 0.2) is 119 Å². The number of nitrogens with zero attached hydrogens (tertiary/aromatic N) is 2. The molecule has 0 aliphatic heterocycles. The van der Waals surface area contributed by atoms with Crippen LogP contribution in [-0.2, 0) is 32.6 Å². The molecule has 4 rings (SSSR count). The Morgan fingerprint density at radius 2 is 1.44 bits per heavy atom. The fourth-order valence-corrected chi connectivity index (χ4v) is 6.24. The van der Waals surface area contributed by atoms with Crippen molar-refractivity contribution in [1.29, 1.82) is 0 Å². The molecule has 4 aromatic rings. The third kappa shape index (κ3) is 8.52. The summed E-state index contributed by atoms with van der Waals surface area (Å²) >= 11 is 3.43. The number of carbonyl (C=O) groups is 2. The van der Waals surface area contributed by atoms with Crippen molar-refractivity contribution < 1.29 is 22.4 Å². The maximum Gasteiger partial charge on any atom is 0.264 e. The maximum atomic E-state index is 14.3. The number of rotatable bonds is 13. The Kier molecular flexibility index (Phi) is 11.1. The Morgan fingerprint density at radius 3 is 2.05 bits per heavy atom. The number of carbonyl (C=O) groups excluding carboxylic acids is 2. The molecule has 2 amide bonds. The van der Waals surface area contributed by atoms with Gasteiger partial charge in [0.25, 0.3) is 10.0 Å². The molecular weight excluding hydrogens is 633 g/mol. The number of para-hydroxylation sites is 1. The second kappa shape index (κ2) is 14.9. The van der Waals surface area contributed by atoms with E-state index in [2.05, 4.69) is 21.2 Å². The smallest absolute Gasteiger partial charge is 0.264 e. The molecule has 0 spiro atoms. The van der Waals surface area contributed by atoms with E-state index in [4.69, 9.17) is 0 Å². The summed E-state index contributed by atoms with van der Waals surface area (Å²) in [4.78, 5) is 29.2. The topological polar surface area (TPSA) is 86.8 Å². The van der Waals surface area contributed by atoms with E-state index < -0.39 is 34.3 Å². The summed E-state index contributed by atoms with van der Waals surface area (Å²) in [5, 5.41) is 2.92. The molecule has 0 unspecified atom stereocenters. The van der Waals surface area contributed by atoms with Crippen molar-refractivity contribution in [2.45, 2.75) is 37.2 Å². The standard InChI is InChI=1S/C33H33BrFN3O4S/c1-2-21-36-33(40)31(22-25-9-5-3-6-10-25)37(23-26-13-15-27(34)16-14-26)32(39)24-38(29-11-7-4-8-12-29)43(41,42)30-19-17-28(35)18-20-30/h3-20,31H,2,21-24H2,1H3,(H,36,40)/t31-/m1/s1. The molecule has 4 aromatic carbocycles. The zero-order valence-electron chi connectivity index (χ0n) is 23.7. The summed E-state index contributed by atoms with van der Waals surface area (Å²) in [6.45, 7) is 1.86. The molecule has 0 radical (unpaired) electrons. The Hall–Kier alpha value is -4.02. The lowest BCUT2D eigenvalue weighted by molar-refractivity contribution is -0.140. The maximum absolute atomic E-state index is 14.3. The van der Waals surface area contributed by atoms with Crippen molar-refractivity contribution in [1.82, 2.24) is 10.2 Å². The van der Waals surface area contributed by atoms with Crippen LogP contribution < -0.4 is 9.62 Å². The normalized spacial score (nSPS) is 11.9. The van der Waals surface area contributed by atoms with Gasteiger partial charge in [-0.25, -0.2) is 12.8 Å². The highest BCUT2D eigenvalue weighted by atomic mass is 79.9. The molecule has 0 fully saturated rings. The van der Waals surface area contributed by atoms with Crippen LogP contribution in [-0.4, -0.2) is 44.3 Å². The Bertz CT molecular complexity index is 1600. The molecule has 0 heterocycles. The van der Waals surface area contributed by atoms with Gasteiger partial charge >= 0.3 is 0 Å². The van der Waals surface area contributed by atoms with Crippen LogP contribution in [0.4, 0.5) is 10.1 Å². The Balaban J connectivity index is 1.77. The average Bonchev–Trinajstić information content (AvgIpc) is 3.02. The molecule has 43 heavy (non-hydrogen) atoms. The fourth-order valence-electron chi connectivity index (χ4n) is 4.56. The zero-order valence-corrected chi connectivity index (χ0v) is 26.1. The molecule has 7 nitrogen and oxygen atoms in total. The number of nitrogens with one attached hydrogen (secondary N) is 1. The summed E-state index contributed by atoms with van der Waals surface area (Å²) in [6.07, 6.45) is 0.941. The highest BCUT2D eigenvalue weighted by Crippen LogP contribution is 2.25. The van der Waals surface area contributed by atoms with Gasteiger partial charge in [0.15, 0.2) is 0 Å². The van der Waals surface area contributed by atoms with Gasteiger partial charge in [-0.2, -0.15) is 0 Å². The highest BCUT2D eigenvalue weighted by molar-refractivity contribution is 9.10. The first-order valence-corrected chi connectivity index (χ1v) is 16.1. The third-order valence-corrected chi connectivity index (χ3v) is 9.13. The van der Waals surface area contributed by atoms with E-state index in [1.54, 1.807) is 30.3 Å². The van der Waals surface area contributed by atoms with Crippen molar-refractivity contribution >= 4 is 43.5 Å². The van der Waals surface area contributed by atoms with Crippen LogP contribution in [0.3, 0.4) is 0 Å². The summed E-state index contributed by atoms with van der Waals surface area (Å²) < 4.78 is 43.3. The molecule has 10 heteroatoms. The van der Waals surface area contributed by atoms with Gasteiger partial charge in [-0.3, -0.25) is 13.9 Å². The molecule has 1 atom stereocenters. The van der Waals surface area contributed by atoms with Crippen LogP contribution in [0.5, 0.6) is 0 Å². The van der Waals surface area contributed by atoms with Crippen molar-refractivity contribution in [3.8, 4) is 0 Å². The van der Waals surface area contributed by atoms with E-state index in [1.165, 1.54) is 17.0 Å². The molecule has 0 aromatic heterocycles. The predicted molar refractivity (Wildman–Crippen MR) is 169 cm³/mol. The van der Waals surface area contributed by atoms with Crippen molar-refractivity contribution in [2.75, 3.05) is 17.4 Å². The number of benzene rings is 4. The Morgan fingerprint density at radius 1 is 0.837 bits per heavy atom. The lowest BCUT2D eigenvalue weighted by Crippen LogP contribution is -2.53. The summed E-state index contributed by atoms with van der Waals surface area (Å²) in [5.41, 5.74) is 1.89. The molecule has 1 N–H and O–H groups in total. The summed E-state index contributed by atoms with van der Waals surface area (Å²) in [6, 6.07) is 28.5. The van der Waals surface area contributed by atoms with Crippen molar-refractivity contribution in [2.24, 2.45) is 0 Å². The van der Waals surface area contributed by atoms with Crippen LogP contribution in [0.1, 0.15) is 24.5 Å². The van der Waals surface area contributed by atoms with Crippen molar-refractivity contribution in [3.05, 3.63) is 131 Å². The predicted octanol–water partition coefficient (Wildman–Crippen LogP) is 5.95. The van der Waals surface area contributed by atoms with Crippen LogP contribution in [0.2, 0.25) is 0 Å². The third-order valence-electron chi connectivity index (χ3n) is 6.81. The summed E-state index contributed by atoms with van der Waals surface area (Å²) in [5.74, 6) is -1.47. The minimum Gasteiger partial charge on any atom is -0.354 e. The quantitative estimate of drug-likeness (QED) is 0.191. The fraction of sp³-hybridized carbons (Fsp3) is 0.212. The number of anilines is 1. The lowest BCUT2D eigenvalue weighted by atomic mass is 10.0. The van der Waals surface area contributed by atoms with E-state index >= 15 is 0 Å². The number of hydrogen-bond acceptors (Lipinski definition) is 4. The minimum absolute atomic E-state index is 0.0718. The Labute approximate surface area is 260 Å². The second-order valence-corrected chi connectivity index (χ2v) is 12.7. The van der Waals surface area contributed by atoms with Crippen LogP contribution >= 0.6 is 15.9 Å². The van der Waals surface area contributed by atoms with Gasteiger partial charge in [0.1, 0.15) is 18.4 Å². The first-order chi connectivity index (χ1) is 20.7. The average molecular weight is 667 g/mol. The van der Waals surface area contributed by atoms with E-state index in [-0.39, 0.29) is 29.5 Å². The molecular formula is C33H33BrFN3O4S. The molecule has 0 bridgehead atoms. The zero-order chi connectivity index (χ0) is 30.8. The SMILES string of the molecule is CCCNC(=O)[C@@H](Cc1ccccc1)N(Cc1ccc(Br)cc1)C(=O)CN(c1ccccc1)S(=O)(=O)c1ccc(F)cc1. The van der Waals surface area contributed by atoms with Gasteiger partial charge in [0.2, 0.25) is 11.8 Å². The van der Waals surface area contributed by atoms with Gasteiger partial charge < -0.3 is 10.2 Å². The van der Waals surface area contributed by atoms with Gasteiger partial charge in [-0.1, -0.05) is 83.5 Å². The molecule has 0 saturated carbocycles. The van der Waals surface area contributed by atoms with E-state index in [9.17, 15) is 22.4 Å². The van der Waals surface area contributed by atoms with Crippen LogP contribution in [0, 0.1) is 5.82 Å². The number of amides is 2. The lowest BCUT2D eigenvalue weighted by Gasteiger charge is -2.34. The van der Waals surface area contributed by atoms with E-state index in [0.29, 0.717) is 13.0 Å². The number of halogens is 2. The summed E-state index contributed by atoms with van der Waals surface area (Å²) in [7, 11) is -4.28. The van der Waals surface area contributed by atoms with Gasteiger partial charge in [0.05, 0.1) is 10.6 Å². The first kappa shape index (κ1) is 31.9. The van der Waals surface area contributed by atoms with Gasteiger partial charge in [-0.05, 0) is 66.1 Å². The van der Waals surface area contributed by atoms with Crippen molar-refractivity contribution in [3.63, 3.8) is 0 Å². The highest BCUT2D eigenvalue weighted by Gasteiger charge is 2.34. The number of sulfonamides is 1. The largest absolute Gasteiger partial charge is 0.354 e. The van der Waals surface area contributed by atoms with Crippen LogP contribution in [0.25, 0.3) is 0 Å². The number of hydrogen-bond donors (Lipinski definition) is 1. The second-order valence-electron chi connectivity index (χ2n) is 9.95. The molecule has 224 valence electrons. The molecule has 0 aliphatic rings. The minimum atomic E-state index is -4.28.